The number of nitrogens with two attached hydrogens (primary N) is 1. The highest BCUT2D eigenvalue weighted by molar-refractivity contribution is 9.10. The van der Waals surface area contributed by atoms with Crippen LogP contribution in [0.5, 0.6) is 0 Å². The number of halogens is 1. The van der Waals surface area contributed by atoms with Gasteiger partial charge in [0, 0.05) is 6.54 Å². The van der Waals surface area contributed by atoms with Crippen LogP contribution in [-0.4, -0.2) is 30.3 Å². The quantitative estimate of drug-likeness (QED) is 0.858. The largest absolute Gasteiger partial charge is 0.397 e. The highest BCUT2D eigenvalue weighted by atomic mass is 79.9. The van der Waals surface area contributed by atoms with E-state index in [1.54, 1.807) is 6.20 Å². The molecule has 2 heterocycles. The van der Waals surface area contributed by atoms with Crippen molar-refractivity contribution in [3.63, 3.8) is 0 Å². The van der Waals surface area contributed by atoms with Crippen molar-refractivity contribution in [1.29, 1.82) is 0 Å². The number of morpholine rings is 1. The number of aromatic nitrogens is 1. The first-order chi connectivity index (χ1) is 7.50. The SMILES string of the molecule is CC1(C)COCCN1c1ncc(N)cc1Br. The summed E-state index contributed by atoms with van der Waals surface area (Å²) >= 11 is 3.51. The zero-order valence-electron chi connectivity index (χ0n) is 9.53. The number of hydrogen-bond acceptors (Lipinski definition) is 4. The minimum absolute atomic E-state index is 0.0378. The van der Waals surface area contributed by atoms with Crippen LogP contribution in [0.2, 0.25) is 0 Å². The van der Waals surface area contributed by atoms with Gasteiger partial charge in [-0.25, -0.2) is 4.98 Å². The molecule has 1 aromatic heterocycles. The van der Waals surface area contributed by atoms with Gasteiger partial charge in [0.15, 0.2) is 0 Å². The predicted molar refractivity (Wildman–Crippen MR) is 68.6 cm³/mol. The number of anilines is 2. The minimum atomic E-state index is -0.0378. The van der Waals surface area contributed by atoms with E-state index in [0.717, 1.165) is 23.4 Å². The first-order valence-corrected chi connectivity index (χ1v) is 6.06. The van der Waals surface area contributed by atoms with Gasteiger partial charge < -0.3 is 15.4 Å². The molecule has 0 unspecified atom stereocenters. The predicted octanol–water partition coefficient (Wildman–Crippen LogP) is 2.04. The molecule has 0 amide bonds. The third-order valence-corrected chi connectivity index (χ3v) is 3.33. The van der Waals surface area contributed by atoms with E-state index < -0.39 is 0 Å². The summed E-state index contributed by atoms with van der Waals surface area (Å²) in [5, 5.41) is 0. The van der Waals surface area contributed by atoms with E-state index in [0.29, 0.717) is 12.3 Å². The number of nitrogen functional groups attached to an aromatic ring is 1. The van der Waals surface area contributed by atoms with Gasteiger partial charge in [0.25, 0.3) is 0 Å². The normalized spacial score (nSPS) is 19.8. The van der Waals surface area contributed by atoms with Crippen molar-refractivity contribution in [2.45, 2.75) is 19.4 Å². The van der Waals surface area contributed by atoms with Gasteiger partial charge in [0.1, 0.15) is 5.82 Å². The second-order valence-corrected chi connectivity index (χ2v) is 5.45. The molecule has 2 N–H and O–H groups in total. The van der Waals surface area contributed by atoms with Crippen LogP contribution in [0.1, 0.15) is 13.8 Å². The Labute approximate surface area is 104 Å². The molecular formula is C11H16BrN3O. The van der Waals surface area contributed by atoms with Crippen molar-refractivity contribution < 1.29 is 4.74 Å². The maximum atomic E-state index is 5.69. The van der Waals surface area contributed by atoms with Crippen LogP contribution in [0, 0.1) is 0 Å². The lowest BCUT2D eigenvalue weighted by atomic mass is 10.0. The number of nitrogens with zero attached hydrogens (tertiary/aromatic N) is 2. The van der Waals surface area contributed by atoms with Gasteiger partial charge in [-0.15, -0.1) is 0 Å². The summed E-state index contributed by atoms with van der Waals surface area (Å²) in [4.78, 5) is 6.65. The van der Waals surface area contributed by atoms with Gasteiger partial charge >= 0.3 is 0 Å². The highest BCUT2D eigenvalue weighted by Gasteiger charge is 2.32. The van der Waals surface area contributed by atoms with Crippen molar-refractivity contribution in [3.05, 3.63) is 16.7 Å². The molecule has 1 aromatic rings. The molecule has 1 aliphatic rings. The van der Waals surface area contributed by atoms with E-state index in [-0.39, 0.29) is 5.54 Å². The minimum Gasteiger partial charge on any atom is -0.397 e. The van der Waals surface area contributed by atoms with Gasteiger partial charge in [-0.2, -0.15) is 0 Å². The van der Waals surface area contributed by atoms with Crippen LogP contribution in [0.25, 0.3) is 0 Å². The Kier molecular flexibility index (Phi) is 3.08. The van der Waals surface area contributed by atoms with Crippen LogP contribution in [-0.2, 0) is 4.74 Å². The fourth-order valence-electron chi connectivity index (χ4n) is 1.90. The van der Waals surface area contributed by atoms with Crippen LogP contribution >= 0.6 is 15.9 Å². The zero-order valence-corrected chi connectivity index (χ0v) is 11.1. The molecule has 0 saturated carbocycles. The molecule has 1 aliphatic heterocycles. The van der Waals surface area contributed by atoms with Gasteiger partial charge in [0.2, 0.25) is 0 Å². The van der Waals surface area contributed by atoms with Gasteiger partial charge in [0.05, 0.1) is 35.1 Å². The Bertz CT molecular complexity index is 395. The smallest absolute Gasteiger partial charge is 0.143 e. The van der Waals surface area contributed by atoms with Gasteiger partial charge in [-0.3, -0.25) is 0 Å². The molecule has 5 heteroatoms. The molecule has 0 bridgehead atoms. The van der Waals surface area contributed by atoms with Crippen molar-refractivity contribution in [2.75, 3.05) is 30.4 Å². The van der Waals surface area contributed by atoms with E-state index in [4.69, 9.17) is 10.5 Å². The lowest BCUT2D eigenvalue weighted by Gasteiger charge is -2.43. The van der Waals surface area contributed by atoms with Crippen molar-refractivity contribution in [2.24, 2.45) is 0 Å². The molecule has 0 aromatic carbocycles. The highest BCUT2D eigenvalue weighted by Crippen LogP contribution is 2.31. The van der Waals surface area contributed by atoms with Crippen molar-refractivity contribution >= 4 is 27.4 Å². The van der Waals surface area contributed by atoms with E-state index in [9.17, 15) is 0 Å². The van der Waals surface area contributed by atoms with E-state index in [1.165, 1.54) is 0 Å². The average molecular weight is 286 g/mol. The van der Waals surface area contributed by atoms with Crippen molar-refractivity contribution in [1.82, 2.24) is 4.98 Å². The van der Waals surface area contributed by atoms with Gasteiger partial charge in [-0.1, -0.05) is 0 Å². The van der Waals surface area contributed by atoms with Crippen LogP contribution in [0.4, 0.5) is 11.5 Å². The van der Waals surface area contributed by atoms with Crippen molar-refractivity contribution in [3.8, 4) is 0 Å². The molecule has 16 heavy (non-hydrogen) atoms. The second kappa shape index (κ2) is 4.22. The molecule has 1 fully saturated rings. The summed E-state index contributed by atoms with van der Waals surface area (Å²) in [6.45, 7) is 6.60. The number of pyridine rings is 1. The maximum Gasteiger partial charge on any atom is 0.143 e. The standard InChI is InChI=1S/C11H16BrN3O/c1-11(2)7-16-4-3-15(11)10-9(12)5-8(13)6-14-10/h5-6H,3-4,7,13H2,1-2H3. The molecule has 2 rings (SSSR count). The Balaban J connectivity index is 2.35. The second-order valence-electron chi connectivity index (χ2n) is 4.59. The summed E-state index contributed by atoms with van der Waals surface area (Å²) < 4.78 is 6.42. The Morgan fingerprint density at radius 2 is 2.31 bits per heavy atom. The fraction of sp³-hybridized carbons (Fsp3) is 0.545. The fourth-order valence-corrected chi connectivity index (χ4v) is 2.48. The Hall–Kier alpha value is -0.810. The third kappa shape index (κ3) is 2.15. The molecule has 88 valence electrons. The van der Waals surface area contributed by atoms with Crippen LogP contribution < -0.4 is 10.6 Å². The zero-order chi connectivity index (χ0) is 11.8. The lowest BCUT2D eigenvalue weighted by Crippen LogP contribution is -2.53. The molecule has 1 saturated heterocycles. The summed E-state index contributed by atoms with van der Waals surface area (Å²) in [6, 6.07) is 1.88. The van der Waals surface area contributed by atoms with Crippen LogP contribution in [0.15, 0.2) is 16.7 Å². The molecule has 4 nitrogen and oxygen atoms in total. The van der Waals surface area contributed by atoms with E-state index in [1.807, 2.05) is 6.07 Å². The first-order valence-electron chi connectivity index (χ1n) is 5.27. The summed E-state index contributed by atoms with van der Waals surface area (Å²) in [6.07, 6.45) is 1.69. The summed E-state index contributed by atoms with van der Waals surface area (Å²) in [5.74, 6) is 0.933. The Morgan fingerprint density at radius 1 is 1.56 bits per heavy atom. The molecule has 0 atom stereocenters. The van der Waals surface area contributed by atoms with E-state index in [2.05, 4.69) is 39.7 Å². The molecule has 0 aliphatic carbocycles. The number of ether oxygens (including phenoxy) is 1. The molecule has 0 radical (unpaired) electrons. The number of hydrogen-bond donors (Lipinski definition) is 1. The molecular weight excluding hydrogens is 270 g/mol. The first kappa shape index (κ1) is 11.7. The monoisotopic (exact) mass is 285 g/mol. The third-order valence-electron chi connectivity index (χ3n) is 2.74. The average Bonchev–Trinajstić information content (AvgIpc) is 2.19. The summed E-state index contributed by atoms with van der Waals surface area (Å²) in [5.41, 5.74) is 6.32. The lowest BCUT2D eigenvalue weighted by molar-refractivity contribution is 0.0638. The van der Waals surface area contributed by atoms with Crippen LogP contribution in [0.3, 0.4) is 0 Å². The van der Waals surface area contributed by atoms with Gasteiger partial charge in [-0.05, 0) is 35.8 Å². The molecule has 0 spiro atoms. The topological polar surface area (TPSA) is 51.4 Å². The maximum absolute atomic E-state index is 5.69. The summed E-state index contributed by atoms with van der Waals surface area (Å²) in [7, 11) is 0. The van der Waals surface area contributed by atoms with E-state index >= 15 is 0 Å². The Morgan fingerprint density at radius 3 is 2.94 bits per heavy atom. The number of rotatable bonds is 1.